The van der Waals surface area contributed by atoms with Gasteiger partial charge in [-0.1, -0.05) is 25.5 Å². The van der Waals surface area contributed by atoms with E-state index in [1.807, 2.05) is 13.8 Å². The molecule has 3 rings (SSSR count). The van der Waals surface area contributed by atoms with Gasteiger partial charge < -0.3 is 27.3 Å². The van der Waals surface area contributed by atoms with Gasteiger partial charge in [-0.05, 0) is 67.5 Å². The summed E-state index contributed by atoms with van der Waals surface area (Å²) in [4.78, 5) is 28.4. The first kappa shape index (κ1) is 31.8. The fourth-order valence-electron chi connectivity index (χ4n) is 4.26. The zero-order chi connectivity index (χ0) is 30.3. The number of rotatable bonds is 13. The maximum Gasteiger partial charge on any atom is 0.224 e. The van der Waals surface area contributed by atoms with Gasteiger partial charge in [-0.15, -0.1) is 23.1 Å². The molecular weight excluding hydrogens is 581 g/mol. The molecule has 2 aromatic carbocycles. The molecule has 1 atom stereocenters. The molecule has 41 heavy (non-hydrogen) atoms. The molecule has 0 saturated carbocycles. The third-order valence-electron chi connectivity index (χ3n) is 6.24. The number of thiophene rings is 1. The lowest BCUT2D eigenvalue weighted by Crippen LogP contribution is -2.22. The average molecular weight is 615 g/mol. The van der Waals surface area contributed by atoms with Gasteiger partial charge in [0.2, 0.25) is 15.7 Å². The van der Waals surface area contributed by atoms with E-state index in [9.17, 15) is 18.0 Å². The zero-order valence-corrected chi connectivity index (χ0v) is 25.5. The van der Waals surface area contributed by atoms with Gasteiger partial charge in [-0.3, -0.25) is 10.2 Å². The molecule has 3 aromatic rings. The number of nitrogens with zero attached hydrogens (tertiary/aromatic N) is 1. The first-order chi connectivity index (χ1) is 19.4. The summed E-state index contributed by atoms with van der Waals surface area (Å²) in [6.45, 7) is 3.66. The van der Waals surface area contributed by atoms with Gasteiger partial charge in [-0.2, -0.15) is 0 Å². The topological polar surface area (TPSA) is 195 Å². The molecule has 0 aliphatic carbocycles. The van der Waals surface area contributed by atoms with Crippen LogP contribution in [-0.4, -0.2) is 38.7 Å². The van der Waals surface area contributed by atoms with Crippen molar-refractivity contribution in [1.82, 2.24) is 0 Å². The maximum atomic E-state index is 13.7. The van der Waals surface area contributed by atoms with Crippen LogP contribution in [0.4, 0.5) is 11.4 Å². The van der Waals surface area contributed by atoms with Crippen molar-refractivity contribution in [3.63, 3.8) is 0 Å². The number of aliphatic imine (C=N–C) groups is 1. The summed E-state index contributed by atoms with van der Waals surface area (Å²) >= 11 is 2.43. The molecule has 0 saturated heterocycles. The summed E-state index contributed by atoms with van der Waals surface area (Å²) in [6, 6.07) is 11.3. The molecule has 0 aliphatic rings. The molecule has 8 N–H and O–H groups in total. The number of nitrogen functional groups attached to an aromatic ring is 1. The van der Waals surface area contributed by atoms with Gasteiger partial charge in [0.1, 0.15) is 12.1 Å². The molecule has 10 nitrogen and oxygen atoms in total. The number of nitrogens with one attached hydrogen (secondary N) is 2. The molecule has 0 aliphatic heterocycles. The molecule has 0 spiro atoms. The first-order valence-electron chi connectivity index (χ1n) is 12.7. The number of aryl methyl sites for hydroxylation is 1. The highest BCUT2D eigenvalue weighted by Crippen LogP contribution is 2.40. The Balaban J connectivity index is 2.03. The SMILES string of the molecule is CSc1sc(C(=N)N)cc1S(=O)(=O)c1cccc(-c2c(C)cc(N=C(N)N)cc2NC(=O)CCCC[C@@H](C)C=O)c1. The van der Waals surface area contributed by atoms with E-state index in [0.717, 1.165) is 29.6 Å². The minimum atomic E-state index is -3.95. The van der Waals surface area contributed by atoms with Crippen LogP contribution in [0.2, 0.25) is 0 Å². The van der Waals surface area contributed by atoms with Gasteiger partial charge in [0.05, 0.1) is 30.3 Å². The van der Waals surface area contributed by atoms with Gasteiger partial charge >= 0.3 is 0 Å². The minimum Gasteiger partial charge on any atom is -0.383 e. The minimum absolute atomic E-state index is 0.0535. The molecule has 218 valence electrons. The number of anilines is 1. The fraction of sp³-hybridized carbons (Fsp3) is 0.286. The highest BCUT2D eigenvalue weighted by Gasteiger charge is 2.26. The standard InChI is InChI=1S/C28H34N6O4S3/c1-16(15-35)7-4-5-10-24(36)34-21-13-19(33-28(31)32)11-17(2)25(21)18-8-6-9-20(12-18)41(37,38)23-14-22(26(29)30)40-27(23)39-3/h6,8-9,11-16H,4-5,7,10H2,1-3H3,(H3,29,30)(H,34,36)(H4,31,32,33)/t16-/m1/s1. The molecule has 0 unspecified atom stereocenters. The van der Waals surface area contributed by atoms with Crippen LogP contribution in [0.1, 0.15) is 43.0 Å². The van der Waals surface area contributed by atoms with E-state index in [4.69, 9.17) is 22.6 Å². The van der Waals surface area contributed by atoms with Crippen LogP contribution in [0.5, 0.6) is 0 Å². The van der Waals surface area contributed by atoms with Crippen LogP contribution >= 0.6 is 23.1 Å². The summed E-state index contributed by atoms with van der Waals surface area (Å²) in [6.07, 6.45) is 4.98. The third-order valence-corrected chi connectivity index (χ3v) is 10.6. The molecule has 1 aromatic heterocycles. The second-order valence-corrected chi connectivity index (χ2v) is 13.6. The van der Waals surface area contributed by atoms with Crippen LogP contribution in [0.25, 0.3) is 11.1 Å². The molecule has 0 fully saturated rings. The van der Waals surface area contributed by atoms with Crippen molar-refractivity contribution in [1.29, 1.82) is 5.41 Å². The predicted molar refractivity (Wildman–Crippen MR) is 167 cm³/mol. The van der Waals surface area contributed by atoms with Crippen LogP contribution in [0.15, 0.2) is 61.5 Å². The Kier molecular flexibility index (Phi) is 10.7. The molecule has 1 heterocycles. The summed E-state index contributed by atoms with van der Waals surface area (Å²) in [5, 5.41) is 10.7. The average Bonchev–Trinajstić information content (AvgIpc) is 3.36. The van der Waals surface area contributed by atoms with Crippen molar-refractivity contribution >= 4 is 68.3 Å². The highest BCUT2D eigenvalue weighted by molar-refractivity contribution is 8.01. The monoisotopic (exact) mass is 614 g/mol. The number of benzene rings is 2. The van der Waals surface area contributed by atoms with Crippen molar-refractivity contribution in [2.75, 3.05) is 11.6 Å². The lowest BCUT2D eigenvalue weighted by molar-refractivity contribution is -0.116. The van der Waals surface area contributed by atoms with E-state index in [1.54, 1.807) is 36.6 Å². The van der Waals surface area contributed by atoms with Crippen molar-refractivity contribution in [3.8, 4) is 11.1 Å². The van der Waals surface area contributed by atoms with Crippen molar-refractivity contribution < 1.29 is 18.0 Å². The van der Waals surface area contributed by atoms with E-state index < -0.39 is 9.84 Å². The Labute approximate surface area is 248 Å². The van der Waals surface area contributed by atoms with E-state index in [1.165, 1.54) is 23.9 Å². The van der Waals surface area contributed by atoms with E-state index in [2.05, 4.69) is 10.3 Å². The Hall–Kier alpha value is -3.68. The molecule has 13 heteroatoms. The Morgan fingerprint density at radius 3 is 2.54 bits per heavy atom. The normalized spacial score (nSPS) is 12.0. The van der Waals surface area contributed by atoms with Crippen LogP contribution in [0.3, 0.4) is 0 Å². The Bertz CT molecular complexity index is 1590. The Morgan fingerprint density at radius 2 is 1.90 bits per heavy atom. The fourth-order valence-corrected chi connectivity index (χ4v) is 8.16. The summed E-state index contributed by atoms with van der Waals surface area (Å²) in [7, 11) is -3.95. The summed E-state index contributed by atoms with van der Waals surface area (Å²) < 4.78 is 28.0. The number of guanidine groups is 1. The second-order valence-electron chi connectivity index (χ2n) is 9.54. The second kappa shape index (κ2) is 13.8. The zero-order valence-electron chi connectivity index (χ0n) is 23.1. The van der Waals surface area contributed by atoms with Gasteiger partial charge in [0.25, 0.3) is 0 Å². The number of thioether (sulfide) groups is 1. The number of sulfone groups is 1. The van der Waals surface area contributed by atoms with E-state index in [-0.39, 0.29) is 39.8 Å². The van der Waals surface area contributed by atoms with Crippen LogP contribution in [0, 0.1) is 18.3 Å². The summed E-state index contributed by atoms with van der Waals surface area (Å²) in [5.41, 5.74) is 19.6. The molecule has 0 bridgehead atoms. The van der Waals surface area contributed by atoms with Crippen molar-refractivity contribution in [3.05, 3.63) is 52.9 Å². The largest absolute Gasteiger partial charge is 0.383 e. The molecular formula is C28H34N6O4S3. The summed E-state index contributed by atoms with van der Waals surface area (Å²) in [5.74, 6) is -0.621. The van der Waals surface area contributed by atoms with E-state index >= 15 is 0 Å². The lowest BCUT2D eigenvalue weighted by Gasteiger charge is -2.17. The number of nitrogens with two attached hydrogens (primary N) is 3. The third kappa shape index (κ3) is 7.96. The predicted octanol–water partition coefficient (Wildman–Crippen LogP) is 4.80. The van der Waals surface area contributed by atoms with Crippen molar-refractivity contribution in [2.45, 2.75) is 53.5 Å². The number of hydrogen-bond donors (Lipinski definition) is 5. The lowest BCUT2D eigenvalue weighted by atomic mass is 9.97. The van der Waals surface area contributed by atoms with Gasteiger partial charge in [0.15, 0.2) is 5.96 Å². The smallest absolute Gasteiger partial charge is 0.224 e. The molecule has 1 amide bonds. The number of amides is 1. The van der Waals surface area contributed by atoms with Crippen molar-refractivity contribution in [2.24, 2.45) is 28.1 Å². The number of amidine groups is 1. The van der Waals surface area contributed by atoms with Gasteiger partial charge in [0, 0.05) is 17.9 Å². The number of carbonyl (C=O) groups excluding carboxylic acids is 2. The van der Waals surface area contributed by atoms with Gasteiger partial charge in [-0.25, -0.2) is 13.4 Å². The van der Waals surface area contributed by atoms with Crippen LogP contribution in [-0.2, 0) is 19.4 Å². The number of aldehydes is 1. The molecule has 0 radical (unpaired) electrons. The maximum absolute atomic E-state index is 13.7. The quantitative estimate of drug-likeness (QED) is 0.0595. The highest BCUT2D eigenvalue weighted by atomic mass is 32.2. The number of carbonyl (C=O) groups is 2. The Morgan fingerprint density at radius 1 is 1.17 bits per heavy atom. The van der Waals surface area contributed by atoms with E-state index in [0.29, 0.717) is 44.4 Å². The van der Waals surface area contributed by atoms with Crippen LogP contribution < -0.4 is 22.5 Å². The number of hydrogen-bond acceptors (Lipinski definition) is 8. The first-order valence-corrected chi connectivity index (χ1v) is 16.3. The number of unbranched alkanes of at least 4 members (excludes halogenated alkanes) is 1.